The van der Waals surface area contributed by atoms with Crippen LogP contribution in [0.15, 0.2) is 23.8 Å². The first-order valence-corrected chi connectivity index (χ1v) is 12.9. The van der Waals surface area contributed by atoms with E-state index in [9.17, 15) is 34.8 Å². The van der Waals surface area contributed by atoms with Gasteiger partial charge in [-0.25, -0.2) is 0 Å². The maximum Gasteiger partial charge on any atom is 0.247 e. The molecular formula is C28H39N3O7. The predicted molar refractivity (Wildman–Crippen MR) is 139 cm³/mol. The zero-order valence-electron chi connectivity index (χ0n) is 22.7. The first-order chi connectivity index (χ1) is 17.5. The van der Waals surface area contributed by atoms with Gasteiger partial charge in [0.25, 0.3) is 0 Å². The Balaban J connectivity index is 1.82. The lowest BCUT2D eigenvalue weighted by Gasteiger charge is -2.56. The van der Waals surface area contributed by atoms with Gasteiger partial charge in [-0.05, 0) is 37.1 Å². The molecule has 0 aromatic heterocycles. The Bertz CT molecular complexity index is 1200. The molecule has 10 heteroatoms. The number of nitrogens with one attached hydrogen (secondary N) is 1. The van der Waals surface area contributed by atoms with E-state index >= 15 is 0 Å². The van der Waals surface area contributed by atoms with Crippen molar-refractivity contribution in [3.8, 4) is 5.75 Å². The third-order valence-electron chi connectivity index (χ3n) is 8.46. The van der Waals surface area contributed by atoms with Crippen LogP contribution in [0.5, 0.6) is 5.75 Å². The van der Waals surface area contributed by atoms with Crippen molar-refractivity contribution >= 4 is 17.5 Å². The fourth-order valence-corrected chi connectivity index (χ4v) is 6.68. The molecule has 4 rings (SSSR count). The molecule has 38 heavy (non-hydrogen) atoms. The number of hydrogen-bond donors (Lipinski definition) is 6. The first-order valence-electron chi connectivity index (χ1n) is 12.9. The summed E-state index contributed by atoms with van der Waals surface area (Å²) in [4.78, 5) is 41.5. The number of carbonyl (C=O) groups is 3. The SMILES string of the molecule is C[C@H]1c2ccc(CNCC(C)(C)C)c(O)c2C(=O)C2C(=O)[C@]3(O)C=C(C(N)=O)C(O)[C@@H](N(C)C)[C@@H]3[C@@H](O)[C@@H]21. The van der Waals surface area contributed by atoms with Gasteiger partial charge in [-0.2, -0.15) is 0 Å². The number of amides is 1. The van der Waals surface area contributed by atoms with Crippen LogP contribution in [0.25, 0.3) is 0 Å². The van der Waals surface area contributed by atoms with Gasteiger partial charge in [-0.15, -0.1) is 0 Å². The Labute approximate surface area is 222 Å². The fourth-order valence-electron chi connectivity index (χ4n) is 6.68. The second-order valence-electron chi connectivity index (χ2n) is 12.5. The van der Waals surface area contributed by atoms with Crippen molar-refractivity contribution in [3.05, 3.63) is 40.5 Å². The molecule has 0 heterocycles. The van der Waals surface area contributed by atoms with Crippen molar-refractivity contribution in [1.82, 2.24) is 10.2 Å². The number of phenolic OH excluding ortho intramolecular Hbond substituents is 1. The van der Waals surface area contributed by atoms with Gasteiger partial charge in [0.2, 0.25) is 5.91 Å². The summed E-state index contributed by atoms with van der Waals surface area (Å²) in [6, 6.07) is 2.45. The maximum atomic E-state index is 14.0. The number of fused-ring (bicyclic) bond motifs is 3. The van der Waals surface area contributed by atoms with Crippen LogP contribution < -0.4 is 11.1 Å². The molecule has 7 N–H and O–H groups in total. The number of Topliss-reactive ketones (excluding diaryl/α,β-unsaturated/α-hetero) is 2. The van der Waals surface area contributed by atoms with Crippen molar-refractivity contribution in [2.75, 3.05) is 20.6 Å². The molecule has 1 saturated carbocycles. The second-order valence-corrected chi connectivity index (χ2v) is 12.5. The monoisotopic (exact) mass is 529 g/mol. The van der Waals surface area contributed by atoms with E-state index in [1.165, 1.54) is 4.90 Å². The van der Waals surface area contributed by atoms with Gasteiger partial charge in [0.1, 0.15) is 17.5 Å². The molecule has 3 aliphatic rings. The molecule has 10 nitrogen and oxygen atoms in total. The smallest absolute Gasteiger partial charge is 0.247 e. The number of hydrogen-bond acceptors (Lipinski definition) is 9. The zero-order chi connectivity index (χ0) is 28.5. The summed E-state index contributed by atoms with van der Waals surface area (Å²) in [5, 5.41) is 48.7. The molecule has 0 aliphatic heterocycles. The molecule has 2 unspecified atom stereocenters. The molecule has 0 spiro atoms. The summed E-state index contributed by atoms with van der Waals surface area (Å²) >= 11 is 0. The van der Waals surface area contributed by atoms with E-state index in [0.29, 0.717) is 24.2 Å². The van der Waals surface area contributed by atoms with Gasteiger partial charge >= 0.3 is 0 Å². The van der Waals surface area contributed by atoms with E-state index in [0.717, 1.165) is 6.08 Å². The number of phenols is 1. The molecule has 8 atom stereocenters. The summed E-state index contributed by atoms with van der Waals surface area (Å²) in [5.74, 6) is -6.93. The van der Waals surface area contributed by atoms with Crippen LogP contribution in [0, 0.1) is 23.2 Å². The van der Waals surface area contributed by atoms with Crippen LogP contribution in [0.1, 0.15) is 55.1 Å². The number of rotatable bonds is 5. The number of aliphatic hydroxyl groups is 3. The molecular weight excluding hydrogens is 490 g/mol. The third-order valence-corrected chi connectivity index (χ3v) is 8.46. The normalized spacial score (nSPS) is 34.9. The summed E-state index contributed by atoms with van der Waals surface area (Å²) in [6.07, 6.45) is -1.94. The van der Waals surface area contributed by atoms with Crippen molar-refractivity contribution in [3.63, 3.8) is 0 Å². The largest absolute Gasteiger partial charge is 0.507 e. The molecule has 1 aromatic rings. The van der Waals surface area contributed by atoms with Gasteiger partial charge in [-0.1, -0.05) is 39.8 Å². The Hall–Kier alpha value is -2.63. The predicted octanol–water partition coefficient (Wildman–Crippen LogP) is 0.0674. The van der Waals surface area contributed by atoms with E-state index in [4.69, 9.17) is 5.73 Å². The number of carbonyl (C=O) groups excluding carboxylic acids is 3. The van der Waals surface area contributed by atoms with Crippen LogP contribution in [-0.2, 0) is 16.1 Å². The number of aliphatic hydroxyl groups excluding tert-OH is 2. The molecule has 0 bridgehead atoms. The highest BCUT2D eigenvalue weighted by molar-refractivity contribution is 6.17. The molecule has 0 radical (unpaired) electrons. The highest BCUT2D eigenvalue weighted by Crippen LogP contribution is 2.54. The highest BCUT2D eigenvalue weighted by Gasteiger charge is 2.67. The van der Waals surface area contributed by atoms with E-state index < -0.39 is 65.0 Å². The topological polar surface area (TPSA) is 173 Å². The number of primary amides is 1. The first kappa shape index (κ1) is 28.4. The average molecular weight is 530 g/mol. The number of nitrogens with two attached hydrogens (primary N) is 1. The third kappa shape index (κ3) is 4.28. The Morgan fingerprint density at radius 2 is 1.82 bits per heavy atom. The van der Waals surface area contributed by atoms with E-state index in [2.05, 4.69) is 26.1 Å². The van der Waals surface area contributed by atoms with Crippen LogP contribution in [0.2, 0.25) is 0 Å². The molecule has 0 saturated heterocycles. The summed E-state index contributed by atoms with van der Waals surface area (Å²) < 4.78 is 0. The van der Waals surface area contributed by atoms with Gasteiger partial charge in [0.15, 0.2) is 11.6 Å². The van der Waals surface area contributed by atoms with Gasteiger partial charge in [0.05, 0.1) is 17.6 Å². The Morgan fingerprint density at radius 3 is 2.37 bits per heavy atom. The minimum Gasteiger partial charge on any atom is -0.507 e. The standard InChI is InChI=1S/C28H39N3O7/c1-12-14-8-7-13(10-30-11-27(2,3)4)21(32)17(14)23(34)18-16(12)24(35)19-20(31(5)6)22(33)15(26(29)37)9-28(19,38)25(18)36/h7-9,12,16,18-20,22,24,30,32-33,35,38H,10-11H2,1-6H3,(H2,29,37)/t12-,16+,18?,19+,20-,22?,24-,28-/m0/s1. The number of nitrogens with zero attached hydrogens (tertiary/aromatic N) is 1. The van der Waals surface area contributed by atoms with E-state index in [1.807, 2.05) is 0 Å². The van der Waals surface area contributed by atoms with Crippen molar-refractivity contribution in [2.45, 2.75) is 64.0 Å². The minimum atomic E-state index is -2.42. The Kier molecular flexibility index (Phi) is 7.12. The molecule has 208 valence electrons. The second kappa shape index (κ2) is 9.53. The van der Waals surface area contributed by atoms with Crippen LogP contribution >= 0.6 is 0 Å². The molecule has 1 aromatic carbocycles. The van der Waals surface area contributed by atoms with Crippen molar-refractivity contribution < 1.29 is 34.8 Å². The van der Waals surface area contributed by atoms with Crippen LogP contribution in [-0.4, -0.2) is 87.3 Å². The van der Waals surface area contributed by atoms with Gasteiger partial charge in [-0.3, -0.25) is 14.4 Å². The van der Waals surface area contributed by atoms with Crippen molar-refractivity contribution in [2.24, 2.45) is 28.9 Å². The lowest BCUT2D eigenvalue weighted by molar-refractivity contribution is -0.179. The van der Waals surface area contributed by atoms with Gasteiger partial charge in [0, 0.05) is 42.1 Å². The van der Waals surface area contributed by atoms with E-state index in [1.54, 1.807) is 33.2 Å². The zero-order valence-corrected chi connectivity index (χ0v) is 22.7. The minimum absolute atomic E-state index is 0.00724. The quantitative estimate of drug-likeness (QED) is 0.289. The van der Waals surface area contributed by atoms with Gasteiger partial charge < -0.3 is 36.4 Å². The number of likely N-dealkylation sites (N-methyl/N-ethyl adjacent to an activating group) is 1. The average Bonchev–Trinajstić information content (AvgIpc) is 2.80. The number of aromatic hydroxyl groups is 1. The lowest BCUT2D eigenvalue weighted by Crippen LogP contribution is -2.72. The number of ketones is 2. The summed E-state index contributed by atoms with van der Waals surface area (Å²) in [5.41, 5.74) is 3.70. The summed E-state index contributed by atoms with van der Waals surface area (Å²) in [6.45, 7) is 8.96. The lowest BCUT2D eigenvalue weighted by atomic mass is 9.51. The van der Waals surface area contributed by atoms with E-state index in [-0.39, 0.29) is 22.3 Å². The van der Waals surface area contributed by atoms with Crippen LogP contribution in [0.3, 0.4) is 0 Å². The molecule has 1 amide bonds. The molecule has 3 aliphatic carbocycles. The number of benzene rings is 1. The highest BCUT2D eigenvalue weighted by atomic mass is 16.3. The van der Waals surface area contributed by atoms with Crippen LogP contribution in [0.4, 0.5) is 0 Å². The van der Waals surface area contributed by atoms with Crippen molar-refractivity contribution in [1.29, 1.82) is 0 Å². The fraction of sp³-hybridized carbons (Fsp3) is 0.607. The molecule has 1 fully saturated rings. The summed E-state index contributed by atoms with van der Waals surface area (Å²) in [7, 11) is 3.19. The maximum absolute atomic E-state index is 14.0. The Morgan fingerprint density at radius 1 is 1.18 bits per heavy atom.